The summed E-state index contributed by atoms with van der Waals surface area (Å²) < 4.78 is 6.11. The minimum absolute atomic E-state index is 0.0122. The Balaban J connectivity index is 1.69. The van der Waals surface area contributed by atoms with Crippen LogP contribution in [0.4, 0.5) is 0 Å². The summed E-state index contributed by atoms with van der Waals surface area (Å²) >= 11 is 0. The molecule has 4 rings (SSSR count). The van der Waals surface area contributed by atoms with E-state index in [1.54, 1.807) is 11.0 Å². The minimum atomic E-state index is -0.934. The SMILES string of the molecule is CCCCC(=O)N(CC1CC1)C1C=C(C(=O)NCCO)C2c3ccccc3OC2C1O. The molecular weight excluding hydrogens is 396 g/mol. The van der Waals surface area contributed by atoms with Crippen molar-refractivity contribution in [1.29, 1.82) is 0 Å². The number of ether oxygens (including phenoxy) is 1. The van der Waals surface area contributed by atoms with Crippen molar-refractivity contribution in [2.75, 3.05) is 19.7 Å². The first-order chi connectivity index (χ1) is 15.0. The zero-order valence-electron chi connectivity index (χ0n) is 18.0. The lowest BCUT2D eigenvalue weighted by Crippen LogP contribution is -2.56. The van der Waals surface area contributed by atoms with Crippen LogP contribution in [0.3, 0.4) is 0 Å². The highest BCUT2D eigenvalue weighted by Gasteiger charge is 2.50. The smallest absolute Gasteiger partial charge is 0.247 e. The molecule has 168 valence electrons. The van der Waals surface area contributed by atoms with E-state index in [2.05, 4.69) is 5.32 Å². The van der Waals surface area contributed by atoms with E-state index < -0.39 is 24.2 Å². The average Bonchev–Trinajstić information content (AvgIpc) is 3.52. The van der Waals surface area contributed by atoms with Gasteiger partial charge in [-0.1, -0.05) is 31.5 Å². The van der Waals surface area contributed by atoms with Crippen LogP contribution in [0.25, 0.3) is 0 Å². The first-order valence-electron chi connectivity index (χ1n) is 11.4. The quantitative estimate of drug-likeness (QED) is 0.556. The van der Waals surface area contributed by atoms with Gasteiger partial charge < -0.3 is 25.2 Å². The third-order valence-corrected chi connectivity index (χ3v) is 6.45. The van der Waals surface area contributed by atoms with E-state index in [9.17, 15) is 14.7 Å². The number of hydrogen-bond acceptors (Lipinski definition) is 5. The molecule has 1 fully saturated rings. The Morgan fingerprint density at radius 2 is 2.03 bits per heavy atom. The van der Waals surface area contributed by atoms with Gasteiger partial charge >= 0.3 is 0 Å². The molecule has 1 saturated carbocycles. The number of carbonyl (C=O) groups excluding carboxylic acids is 2. The lowest BCUT2D eigenvalue weighted by molar-refractivity contribution is -0.137. The van der Waals surface area contributed by atoms with Gasteiger partial charge in [-0.25, -0.2) is 0 Å². The fourth-order valence-corrected chi connectivity index (χ4v) is 4.63. The van der Waals surface area contributed by atoms with E-state index in [1.807, 2.05) is 31.2 Å². The largest absolute Gasteiger partial charge is 0.486 e. The van der Waals surface area contributed by atoms with Gasteiger partial charge in [0.15, 0.2) is 0 Å². The second kappa shape index (κ2) is 9.40. The molecule has 31 heavy (non-hydrogen) atoms. The standard InChI is InChI=1S/C24H32N2O5/c1-2-3-8-20(28)26(14-15-9-10-15)18-13-17(24(30)25-11-12-27)21-16-6-4-5-7-19(16)31-23(21)22(18)29/h4-7,13,15,18,21-23,27,29H,2-3,8-12,14H2,1H3,(H,25,30). The maximum absolute atomic E-state index is 13.1. The van der Waals surface area contributed by atoms with E-state index in [4.69, 9.17) is 9.84 Å². The van der Waals surface area contributed by atoms with Crippen LogP contribution >= 0.6 is 0 Å². The molecule has 1 heterocycles. The molecule has 0 saturated heterocycles. The third-order valence-electron chi connectivity index (χ3n) is 6.45. The van der Waals surface area contributed by atoms with Gasteiger partial charge in [-0.2, -0.15) is 0 Å². The molecule has 3 N–H and O–H groups in total. The Hall–Kier alpha value is -2.38. The Kier molecular flexibility index (Phi) is 6.62. The summed E-state index contributed by atoms with van der Waals surface area (Å²) in [7, 11) is 0. The summed E-state index contributed by atoms with van der Waals surface area (Å²) in [5.74, 6) is 0.419. The van der Waals surface area contributed by atoms with Gasteiger partial charge in [0.2, 0.25) is 11.8 Å². The number of carbonyl (C=O) groups is 2. The van der Waals surface area contributed by atoms with Crippen LogP contribution < -0.4 is 10.1 Å². The van der Waals surface area contributed by atoms with Crippen LogP contribution in [0.15, 0.2) is 35.9 Å². The second-order valence-corrected chi connectivity index (χ2v) is 8.77. The number of unbranched alkanes of at least 4 members (excludes halogenated alkanes) is 1. The summed E-state index contributed by atoms with van der Waals surface area (Å²) in [6.45, 7) is 2.63. The molecule has 2 amide bonds. The average molecular weight is 429 g/mol. The number of nitrogens with zero attached hydrogens (tertiary/aromatic N) is 1. The number of benzene rings is 1. The van der Waals surface area contributed by atoms with E-state index in [0.717, 1.165) is 31.2 Å². The molecule has 4 unspecified atom stereocenters. The van der Waals surface area contributed by atoms with Crippen molar-refractivity contribution in [2.45, 2.75) is 63.2 Å². The third kappa shape index (κ3) is 4.48. The molecular formula is C24H32N2O5. The monoisotopic (exact) mass is 428 g/mol. The fourth-order valence-electron chi connectivity index (χ4n) is 4.63. The van der Waals surface area contributed by atoms with Crippen molar-refractivity contribution < 1.29 is 24.5 Å². The number of para-hydroxylation sites is 1. The number of nitrogens with one attached hydrogen (secondary N) is 1. The van der Waals surface area contributed by atoms with Gasteiger partial charge in [0.1, 0.15) is 18.0 Å². The molecule has 0 radical (unpaired) electrons. The predicted octanol–water partition coefficient (Wildman–Crippen LogP) is 1.74. The lowest BCUT2D eigenvalue weighted by Gasteiger charge is -2.41. The molecule has 4 atom stereocenters. The molecule has 0 bridgehead atoms. The Morgan fingerprint density at radius 1 is 1.26 bits per heavy atom. The van der Waals surface area contributed by atoms with E-state index in [-0.39, 0.29) is 25.0 Å². The molecule has 1 aromatic rings. The summed E-state index contributed by atoms with van der Waals surface area (Å²) in [5.41, 5.74) is 1.35. The first-order valence-corrected chi connectivity index (χ1v) is 11.4. The van der Waals surface area contributed by atoms with Gasteiger partial charge in [-0.15, -0.1) is 0 Å². The highest BCUT2D eigenvalue weighted by atomic mass is 16.5. The van der Waals surface area contributed by atoms with E-state index in [1.165, 1.54) is 0 Å². The van der Waals surface area contributed by atoms with Gasteiger partial charge in [0, 0.05) is 30.6 Å². The van der Waals surface area contributed by atoms with Crippen LogP contribution in [0.5, 0.6) is 5.75 Å². The molecule has 0 spiro atoms. The predicted molar refractivity (Wildman–Crippen MR) is 116 cm³/mol. The maximum atomic E-state index is 13.1. The summed E-state index contributed by atoms with van der Waals surface area (Å²) in [6.07, 6.45) is 4.51. The molecule has 1 aromatic carbocycles. The van der Waals surface area contributed by atoms with Crippen molar-refractivity contribution in [3.8, 4) is 5.75 Å². The molecule has 1 aliphatic heterocycles. The number of rotatable bonds is 9. The zero-order chi connectivity index (χ0) is 22.0. The van der Waals surface area contributed by atoms with Crippen molar-refractivity contribution in [2.24, 2.45) is 5.92 Å². The number of aliphatic hydroxyl groups excluding tert-OH is 2. The van der Waals surface area contributed by atoms with Crippen LogP contribution in [-0.2, 0) is 9.59 Å². The topological polar surface area (TPSA) is 99.1 Å². The number of amides is 2. The van der Waals surface area contributed by atoms with Gasteiger partial charge in [-0.05, 0) is 37.3 Å². The van der Waals surface area contributed by atoms with Crippen molar-refractivity contribution in [3.05, 3.63) is 41.5 Å². The van der Waals surface area contributed by atoms with Crippen molar-refractivity contribution >= 4 is 11.8 Å². The van der Waals surface area contributed by atoms with Gasteiger partial charge in [-0.3, -0.25) is 9.59 Å². The van der Waals surface area contributed by atoms with Gasteiger partial charge in [0.25, 0.3) is 0 Å². The first kappa shape index (κ1) is 21.8. The number of fused-ring (bicyclic) bond motifs is 3. The Bertz CT molecular complexity index is 850. The van der Waals surface area contributed by atoms with Crippen molar-refractivity contribution in [3.63, 3.8) is 0 Å². The minimum Gasteiger partial charge on any atom is -0.486 e. The Morgan fingerprint density at radius 3 is 2.74 bits per heavy atom. The van der Waals surface area contributed by atoms with E-state index >= 15 is 0 Å². The van der Waals surface area contributed by atoms with Crippen molar-refractivity contribution in [1.82, 2.24) is 10.2 Å². The van der Waals surface area contributed by atoms with Crippen LogP contribution in [-0.4, -0.2) is 64.9 Å². The van der Waals surface area contributed by atoms with Crippen LogP contribution in [0.2, 0.25) is 0 Å². The number of hydrogen-bond donors (Lipinski definition) is 3. The molecule has 7 nitrogen and oxygen atoms in total. The molecule has 2 aliphatic carbocycles. The summed E-state index contributed by atoms with van der Waals surface area (Å²) in [4.78, 5) is 27.9. The highest BCUT2D eigenvalue weighted by molar-refractivity contribution is 5.96. The van der Waals surface area contributed by atoms with Crippen LogP contribution in [0, 0.1) is 5.92 Å². The summed E-state index contributed by atoms with van der Waals surface area (Å²) in [6, 6.07) is 6.89. The number of aliphatic hydroxyl groups is 2. The lowest BCUT2D eigenvalue weighted by atomic mass is 9.77. The maximum Gasteiger partial charge on any atom is 0.247 e. The van der Waals surface area contributed by atoms with Gasteiger partial charge in [0.05, 0.1) is 18.6 Å². The molecule has 0 aromatic heterocycles. The Labute approximate surface area is 183 Å². The summed E-state index contributed by atoms with van der Waals surface area (Å²) in [5, 5.41) is 23.2. The molecule has 3 aliphatic rings. The fraction of sp³-hybridized carbons (Fsp3) is 0.583. The highest BCUT2D eigenvalue weighted by Crippen LogP contribution is 2.47. The van der Waals surface area contributed by atoms with Crippen LogP contribution in [0.1, 0.15) is 50.5 Å². The van der Waals surface area contributed by atoms with E-state index in [0.29, 0.717) is 30.2 Å². The molecule has 7 heteroatoms. The normalized spacial score (nSPS) is 26.4. The second-order valence-electron chi connectivity index (χ2n) is 8.77. The zero-order valence-corrected chi connectivity index (χ0v) is 18.0.